The Labute approximate surface area is 288 Å². The molecule has 8 aromatic carbocycles. The van der Waals surface area contributed by atoms with Crippen molar-refractivity contribution in [1.82, 2.24) is 0 Å². The van der Waals surface area contributed by atoms with Gasteiger partial charge in [0.2, 0.25) is 6.71 Å². The molecular formula is C46H33BN2. The van der Waals surface area contributed by atoms with Gasteiger partial charge in [0.15, 0.2) is 0 Å². The second kappa shape index (κ2) is 12.4. The second-order valence-electron chi connectivity index (χ2n) is 12.6. The van der Waals surface area contributed by atoms with Crippen molar-refractivity contribution < 1.29 is 0 Å². The monoisotopic (exact) mass is 624 g/mol. The lowest BCUT2D eigenvalue weighted by atomic mass is 9.34. The van der Waals surface area contributed by atoms with Crippen molar-refractivity contribution in [1.29, 1.82) is 0 Å². The van der Waals surface area contributed by atoms with Crippen LogP contribution in [-0.4, -0.2) is 6.71 Å². The van der Waals surface area contributed by atoms with Crippen LogP contribution in [0.15, 0.2) is 200 Å². The molecule has 230 valence electrons. The summed E-state index contributed by atoms with van der Waals surface area (Å²) in [6.45, 7) is 0.138. The zero-order valence-electron chi connectivity index (χ0n) is 27.0. The number of para-hydroxylation sites is 4. The maximum absolute atomic E-state index is 2.43. The lowest BCUT2D eigenvalue weighted by Gasteiger charge is -2.37. The Morgan fingerprint density at radius 3 is 1.41 bits per heavy atom. The van der Waals surface area contributed by atoms with E-state index >= 15 is 0 Å². The average molecular weight is 625 g/mol. The minimum Gasteiger partial charge on any atom is -0.312 e. The molecule has 0 spiro atoms. The fraction of sp³-hybridized carbons (Fsp3) is 0. The van der Waals surface area contributed by atoms with Gasteiger partial charge < -0.3 is 9.80 Å². The SMILES string of the molecule is c1ccc(N(c2ccccc2)c2ccc(-c3ccc(N4c5ccccc5B(c5cccc6ccccc56)c5ccccc54)cc3)cc2)cc1. The molecular weight excluding hydrogens is 591 g/mol. The molecule has 0 unspecified atom stereocenters. The quantitative estimate of drug-likeness (QED) is 0.170. The van der Waals surface area contributed by atoms with E-state index in [1.165, 1.54) is 49.7 Å². The fourth-order valence-corrected chi connectivity index (χ4v) is 7.49. The number of hydrogen-bond donors (Lipinski definition) is 0. The van der Waals surface area contributed by atoms with Gasteiger partial charge in [0.1, 0.15) is 0 Å². The summed E-state index contributed by atoms with van der Waals surface area (Å²) in [5.74, 6) is 0. The van der Waals surface area contributed by atoms with E-state index in [4.69, 9.17) is 0 Å². The first-order valence-electron chi connectivity index (χ1n) is 16.9. The molecule has 3 heteroatoms. The third-order valence-electron chi connectivity index (χ3n) is 9.72. The van der Waals surface area contributed by atoms with Crippen LogP contribution in [0.1, 0.15) is 0 Å². The minimum atomic E-state index is 0.138. The number of fused-ring (bicyclic) bond motifs is 3. The van der Waals surface area contributed by atoms with Crippen LogP contribution in [0.25, 0.3) is 21.9 Å². The van der Waals surface area contributed by atoms with E-state index in [0.29, 0.717) is 0 Å². The van der Waals surface area contributed by atoms with Crippen LogP contribution in [0.5, 0.6) is 0 Å². The maximum atomic E-state index is 2.43. The molecule has 0 aromatic heterocycles. The summed E-state index contributed by atoms with van der Waals surface area (Å²) >= 11 is 0. The Bertz CT molecular complexity index is 2290. The molecule has 0 amide bonds. The van der Waals surface area contributed by atoms with E-state index in [1.54, 1.807) is 0 Å². The summed E-state index contributed by atoms with van der Waals surface area (Å²) in [4.78, 5) is 4.72. The molecule has 0 aliphatic carbocycles. The van der Waals surface area contributed by atoms with Crippen molar-refractivity contribution in [3.8, 4) is 11.1 Å². The first kappa shape index (κ1) is 28.9. The highest BCUT2D eigenvalue weighted by Crippen LogP contribution is 2.38. The Balaban J connectivity index is 1.08. The summed E-state index contributed by atoms with van der Waals surface area (Å²) in [7, 11) is 0. The van der Waals surface area contributed by atoms with Gasteiger partial charge in [0.25, 0.3) is 0 Å². The molecule has 0 saturated carbocycles. The molecule has 1 aliphatic heterocycles. The van der Waals surface area contributed by atoms with Crippen LogP contribution in [0, 0.1) is 0 Å². The van der Waals surface area contributed by atoms with Crippen LogP contribution in [0.3, 0.4) is 0 Å². The molecule has 2 nitrogen and oxygen atoms in total. The number of rotatable bonds is 6. The Kier molecular flexibility index (Phi) is 7.29. The van der Waals surface area contributed by atoms with Gasteiger partial charge >= 0.3 is 0 Å². The van der Waals surface area contributed by atoms with Gasteiger partial charge in [-0.25, -0.2) is 0 Å². The predicted molar refractivity (Wildman–Crippen MR) is 210 cm³/mol. The summed E-state index contributed by atoms with van der Waals surface area (Å²) in [5, 5.41) is 2.58. The van der Waals surface area contributed by atoms with Crippen molar-refractivity contribution in [2.24, 2.45) is 0 Å². The largest absolute Gasteiger partial charge is 0.312 e. The van der Waals surface area contributed by atoms with E-state index in [1.807, 2.05) is 0 Å². The van der Waals surface area contributed by atoms with Gasteiger partial charge in [0.05, 0.1) is 0 Å². The molecule has 0 saturated heterocycles. The average Bonchev–Trinajstić information content (AvgIpc) is 3.18. The van der Waals surface area contributed by atoms with Gasteiger partial charge in [0, 0.05) is 34.1 Å². The van der Waals surface area contributed by atoms with Crippen molar-refractivity contribution in [3.05, 3.63) is 200 Å². The highest BCUT2D eigenvalue weighted by atomic mass is 15.2. The lowest BCUT2D eigenvalue weighted by Crippen LogP contribution is -2.57. The van der Waals surface area contributed by atoms with Crippen molar-refractivity contribution >= 4 is 68.0 Å². The molecule has 1 aliphatic rings. The molecule has 0 radical (unpaired) electrons. The lowest BCUT2D eigenvalue weighted by molar-refractivity contribution is 1.28. The Morgan fingerprint density at radius 2 is 0.796 bits per heavy atom. The Hall–Kier alpha value is -6.32. The van der Waals surface area contributed by atoms with Gasteiger partial charge in [-0.2, -0.15) is 0 Å². The van der Waals surface area contributed by atoms with Crippen molar-refractivity contribution in [2.45, 2.75) is 0 Å². The normalized spacial score (nSPS) is 12.0. The fourth-order valence-electron chi connectivity index (χ4n) is 7.49. The van der Waals surface area contributed by atoms with Crippen molar-refractivity contribution in [3.63, 3.8) is 0 Å². The second-order valence-corrected chi connectivity index (χ2v) is 12.6. The molecule has 0 N–H and O–H groups in total. The van der Waals surface area contributed by atoms with E-state index in [9.17, 15) is 0 Å². The highest BCUT2D eigenvalue weighted by molar-refractivity contribution is 6.99. The number of benzene rings is 8. The van der Waals surface area contributed by atoms with Gasteiger partial charge in [-0.05, 0) is 93.5 Å². The van der Waals surface area contributed by atoms with Gasteiger partial charge in [-0.15, -0.1) is 0 Å². The number of hydrogen-bond acceptors (Lipinski definition) is 2. The predicted octanol–water partition coefficient (Wildman–Crippen LogP) is 10.3. The molecule has 0 bridgehead atoms. The van der Waals surface area contributed by atoms with E-state index in [0.717, 1.165) is 22.7 Å². The number of anilines is 6. The zero-order valence-corrected chi connectivity index (χ0v) is 27.0. The summed E-state index contributed by atoms with van der Waals surface area (Å²) in [6, 6.07) is 72.2. The standard InChI is InChI=1S/C46H33BN2/c1-3-16-37(17-4-1)48(38-18-5-2-6-19-38)39-30-26-34(27-31-39)35-28-32-40(33-29-35)49-45-24-11-9-21-43(45)47(44-22-10-12-25-46(44)49)42-23-13-15-36-14-7-8-20-41(36)42/h1-33H. The molecule has 0 atom stereocenters. The molecule has 9 rings (SSSR count). The first-order valence-corrected chi connectivity index (χ1v) is 16.9. The third-order valence-corrected chi connectivity index (χ3v) is 9.72. The van der Waals surface area contributed by atoms with E-state index in [2.05, 4.69) is 210 Å². The van der Waals surface area contributed by atoms with Crippen LogP contribution in [0.4, 0.5) is 34.1 Å². The molecule has 8 aromatic rings. The molecule has 1 heterocycles. The van der Waals surface area contributed by atoms with E-state index < -0.39 is 0 Å². The van der Waals surface area contributed by atoms with Crippen LogP contribution >= 0.6 is 0 Å². The topological polar surface area (TPSA) is 6.48 Å². The minimum absolute atomic E-state index is 0.138. The summed E-state index contributed by atoms with van der Waals surface area (Å²) in [5.41, 5.74) is 13.3. The maximum Gasteiger partial charge on any atom is 0.247 e. The van der Waals surface area contributed by atoms with Gasteiger partial charge in [-0.3, -0.25) is 0 Å². The van der Waals surface area contributed by atoms with Crippen LogP contribution in [0.2, 0.25) is 0 Å². The van der Waals surface area contributed by atoms with E-state index in [-0.39, 0.29) is 6.71 Å². The zero-order chi connectivity index (χ0) is 32.6. The molecule has 49 heavy (non-hydrogen) atoms. The van der Waals surface area contributed by atoms with Crippen LogP contribution in [-0.2, 0) is 0 Å². The summed E-state index contributed by atoms with van der Waals surface area (Å²) < 4.78 is 0. The smallest absolute Gasteiger partial charge is 0.247 e. The van der Waals surface area contributed by atoms with Crippen molar-refractivity contribution in [2.75, 3.05) is 9.80 Å². The molecule has 0 fully saturated rings. The summed E-state index contributed by atoms with van der Waals surface area (Å²) in [6.07, 6.45) is 0. The van der Waals surface area contributed by atoms with Crippen LogP contribution < -0.4 is 26.2 Å². The first-order chi connectivity index (χ1) is 24.3. The van der Waals surface area contributed by atoms with Gasteiger partial charge in [-0.1, -0.05) is 145 Å². The number of nitrogens with zero attached hydrogens (tertiary/aromatic N) is 2. The highest BCUT2D eigenvalue weighted by Gasteiger charge is 2.35. The third kappa shape index (κ3) is 5.17. The Morgan fingerprint density at radius 1 is 0.347 bits per heavy atom.